The van der Waals surface area contributed by atoms with Crippen LogP contribution in [0.1, 0.15) is 149 Å². The van der Waals surface area contributed by atoms with Gasteiger partial charge in [0.05, 0.1) is 18.2 Å². The summed E-state index contributed by atoms with van der Waals surface area (Å²) in [5, 5.41) is 12.7. The smallest absolute Gasteiger partial charge is 0.226 e. The van der Waals surface area contributed by atoms with E-state index in [4.69, 9.17) is 5.73 Å². The number of hydrogen-bond donors (Lipinski definition) is 3. The molecule has 4 N–H and O–H groups in total. The number of unbranched alkanes of at least 4 members (excludes halogenated alkanes) is 17. The first kappa shape index (κ1) is 30.4. The number of nitrogens with two attached hydrogens (primary N) is 1. The van der Waals surface area contributed by atoms with Gasteiger partial charge in [-0.05, 0) is 19.8 Å². The zero-order valence-corrected chi connectivity index (χ0v) is 21.3. The molecule has 0 saturated carbocycles. The molecule has 186 valence electrons. The number of carbonyl (C=O) groups is 1. The first-order valence-corrected chi connectivity index (χ1v) is 13.8. The van der Waals surface area contributed by atoms with Gasteiger partial charge in [0.2, 0.25) is 5.91 Å². The van der Waals surface area contributed by atoms with Crippen LogP contribution in [0.15, 0.2) is 0 Å². The quantitative estimate of drug-likeness (QED) is 0.116. The number of nitrogens with one attached hydrogen (secondary N) is 1. The molecule has 0 spiro atoms. The fourth-order valence-corrected chi connectivity index (χ4v) is 4.25. The molecule has 3 unspecified atom stereocenters. The lowest BCUT2D eigenvalue weighted by Gasteiger charge is -2.21. The van der Waals surface area contributed by atoms with E-state index in [9.17, 15) is 9.90 Å². The fourth-order valence-electron chi connectivity index (χ4n) is 4.25. The number of rotatable bonds is 23. The molecule has 0 saturated heterocycles. The third-order valence-corrected chi connectivity index (χ3v) is 6.56. The molecule has 0 rings (SSSR count). The summed E-state index contributed by atoms with van der Waals surface area (Å²) in [5.41, 5.74) is 5.80. The van der Waals surface area contributed by atoms with Crippen LogP contribution < -0.4 is 11.1 Å². The van der Waals surface area contributed by atoms with Crippen LogP contribution in [0.3, 0.4) is 0 Å². The molecule has 0 aliphatic carbocycles. The van der Waals surface area contributed by atoms with Crippen LogP contribution in [-0.4, -0.2) is 23.3 Å². The molecule has 31 heavy (non-hydrogen) atoms. The molecule has 0 aromatic heterocycles. The number of aliphatic hydroxyl groups excluding tert-OH is 1. The minimum atomic E-state index is -0.616. The van der Waals surface area contributed by atoms with Crippen molar-refractivity contribution < 1.29 is 9.90 Å². The van der Waals surface area contributed by atoms with Crippen LogP contribution >= 0.6 is 0 Å². The first-order chi connectivity index (χ1) is 15.0. The van der Waals surface area contributed by atoms with Gasteiger partial charge in [0.1, 0.15) is 0 Å². The highest BCUT2D eigenvalue weighted by atomic mass is 16.3. The van der Waals surface area contributed by atoms with Gasteiger partial charge >= 0.3 is 0 Å². The Morgan fingerprint density at radius 3 is 1.39 bits per heavy atom. The highest BCUT2D eigenvalue weighted by Crippen LogP contribution is 2.17. The van der Waals surface area contributed by atoms with E-state index in [1.807, 2.05) is 6.92 Å². The monoisotopic (exact) mass is 440 g/mol. The molecule has 1 amide bonds. The lowest BCUT2D eigenvalue weighted by Crippen LogP contribution is -2.46. The van der Waals surface area contributed by atoms with E-state index in [0.717, 1.165) is 19.3 Å². The van der Waals surface area contributed by atoms with E-state index in [0.29, 0.717) is 6.42 Å². The Labute approximate surface area is 194 Å². The van der Waals surface area contributed by atoms with Crippen LogP contribution in [0, 0.1) is 5.92 Å². The number of hydrogen-bond acceptors (Lipinski definition) is 3. The predicted octanol–water partition coefficient (Wildman–Crippen LogP) is 7.23. The second-order valence-corrected chi connectivity index (χ2v) is 9.67. The summed E-state index contributed by atoms with van der Waals surface area (Å²) < 4.78 is 0. The Kier molecular flexibility index (Phi) is 22.1. The molecular formula is C27H56N2O2. The predicted molar refractivity (Wildman–Crippen MR) is 135 cm³/mol. The van der Waals surface area contributed by atoms with Gasteiger partial charge in [0.15, 0.2) is 0 Å². The summed E-state index contributed by atoms with van der Waals surface area (Å²) in [5.74, 6) is -0.435. The molecule has 0 radical (unpaired) electrons. The van der Waals surface area contributed by atoms with Crippen LogP contribution in [0.25, 0.3) is 0 Å². The fraction of sp³-hybridized carbons (Fsp3) is 0.963. The van der Waals surface area contributed by atoms with Crippen molar-refractivity contribution in [3.8, 4) is 0 Å². The third-order valence-electron chi connectivity index (χ3n) is 6.56. The van der Waals surface area contributed by atoms with Gasteiger partial charge in [-0.1, -0.05) is 129 Å². The average Bonchev–Trinajstić information content (AvgIpc) is 2.74. The molecule has 0 aliphatic heterocycles. The normalized spacial score (nSPS) is 14.4. The van der Waals surface area contributed by atoms with Crippen LogP contribution in [-0.2, 0) is 4.79 Å². The van der Waals surface area contributed by atoms with Crippen molar-refractivity contribution in [2.24, 2.45) is 11.7 Å². The summed E-state index contributed by atoms with van der Waals surface area (Å²) in [6, 6.07) is 0. The molecule has 0 aromatic carbocycles. The van der Waals surface area contributed by atoms with E-state index in [1.54, 1.807) is 6.92 Å². The van der Waals surface area contributed by atoms with Crippen LogP contribution in [0.4, 0.5) is 0 Å². The molecule has 3 atom stereocenters. The van der Waals surface area contributed by atoms with Crippen molar-refractivity contribution in [1.82, 2.24) is 5.32 Å². The van der Waals surface area contributed by atoms with Gasteiger partial charge < -0.3 is 16.2 Å². The van der Waals surface area contributed by atoms with E-state index in [1.165, 1.54) is 103 Å². The molecule has 4 heteroatoms. The Morgan fingerprint density at radius 1 is 0.710 bits per heavy atom. The molecule has 0 aromatic rings. The lowest BCUT2D eigenvalue weighted by molar-refractivity contribution is -0.129. The second kappa shape index (κ2) is 22.6. The molecule has 0 heterocycles. The topological polar surface area (TPSA) is 75.4 Å². The number of carbonyl (C=O) groups excluding carboxylic acids is 1. The Morgan fingerprint density at radius 2 is 1.06 bits per heavy atom. The van der Waals surface area contributed by atoms with Gasteiger partial charge in [-0.25, -0.2) is 0 Å². The highest BCUT2D eigenvalue weighted by Gasteiger charge is 2.23. The zero-order valence-electron chi connectivity index (χ0n) is 21.3. The molecule has 0 fully saturated rings. The van der Waals surface area contributed by atoms with E-state index < -0.39 is 6.10 Å². The standard InChI is InChI=1S/C27H56N2O2/c1-4-6-7-8-9-10-11-12-13-14-15-16-17-18-19-20-21-22-23-25(24(3)30)27(31)29-26(28)5-2/h24-26,30H,4-23,28H2,1-3H3,(H,29,31). The SMILES string of the molecule is CCCCCCCCCCCCCCCCCCCCC(C(=O)NC(N)CC)C(C)O. The summed E-state index contributed by atoms with van der Waals surface area (Å²) in [6.45, 7) is 5.93. The van der Waals surface area contributed by atoms with E-state index >= 15 is 0 Å². The van der Waals surface area contributed by atoms with E-state index in [-0.39, 0.29) is 18.0 Å². The first-order valence-electron chi connectivity index (χ1n) is 13.8. The Hall–Kier alpha value is -0.610. The van der Waals surface area contributed by atoms with Gasteiger partial charge in [0.25, 0.3) is 0 Å². The van der Waals surface area contributed by atoms with E-state index in [2.05, 4.69) is 12.2 Å². The Balaban J connectivity index is 3.42. The zero-order chi connectivity index (χ0) is 23.2. The van der Waals surface area contributed by atoms with Crippen molar-refractivity contribution in [1.29, 1.82) is 0 Å². The van der Waals surface area contributed by atoms with Gasteiger partial charge in [-0.15, -0.1) is 0 Å². The average molecular weight is 441 g/mol. The van der Waals surface area contributed by atoms with Gasteiger partial charge in [0, 0.05) is 0 Å². The molecule has 4 nitrogen and oxygen atoms in total. The van der Waals surface area contributed by atoms with Crippen molar-refractivity contribution in [3.05, 3.63) is 0 Å². The Bertz CT molecular complexity index is 387. The minimum Gasteiger partial charge on any atom is -0.393 e. The molecule has 0 bridgehead atoms. The largest absolute Gasteiger partial charge is 0.393 e. The van der Waals surface area contributed by atoms with Gasteiger partial charge in [-0.2, -0.15) is 0 Å². The van der Waals surface area contributed by atoms with Crippen molar-refractivity contribution in [2.45, 2.75) is 161 Å². The van der Waals surface area contributed by atoms with Gasteiger partial charge in [-0.3, -0.25) is 4.79 Å². The van der Waals surface area contributed by atoms with Crippen LogP contribution in [0.2, 0.25) is 0 Å². The highest BCUT2D eigenvalue weighted by molar-refractivity contribution is 5.79. The second-order valence-electron chi connectivity index (χ2n) is 9.67. The number of aliphatic hydroxyl groups is 1. The third kappa shape index (κ3) is 19.8. The lowest BCUT2D eigenvalue weighted by atomic mass is 9.94. The van der Waals surface area contributed by atoms with Crippen molar-refractivity contribution in [2.75, 3.05) is 0 Å². The van der Waals surface area contributed by atoms with Crippen molar-refractivity contribution >= 4 is 5.91 Å². The van der Waals surface area contributed by atoms with Crippen molar-refractivity contribution in [3.63, 3.8) is 0 Å². The number of amides is 1. The molecule has 0 aliphatic rings. The summed E-state index contributed by atoms with van der Waals surface area (Å²) in [4.78, 5) is 12.2. The maximum absolute atomic E-state index is 12.2. The van der Waals surface area contributed by atoms with Crippen LogP contribution in [0.5, 0.6) is 0 Å². The summed E-state index contributed by atoms with van der Waals surface area (Å²) >= 11 is 0. The maximum Gasteiger partial charge on any atom is 0.226 e. The maximum atomic E-state index is 12.2. The molecular weight excluding hydrogens is 384 g/mol. The summed E-state index contributed by atoms with van der Waals surface area (Å²) in [6.07, 6.45) is 24.9. The summed E-state index contributed by atoms with van der Waals surface area (Å²) in [7, 11) is 0. The minimum absolute atomic E-state index is 0.101.